The molecule has 1 aliphatic carbocycles. The van der Waals surface area contributed by atoms with E-state index in [1.165, 1.54) is 30.5 Å². The molecule has 1 saturated heterocycles. The fraction of sp³-hybridized carbons (Fsp3) is 0.243. The lowest BCUT2D eigenvalue weighted by Crippen LogP contribution is -2.57. The van der Waals surface area contributed by atoms with Gasteiger partial charge in [0, 0.05) is 49.3 Å². The second-order valence-electron chi connectivity index (χ2n) is 12.9. The molecular weight excluding hydrogens is 603 g/mol. The van der Waals surface area contributed by atoms with Gasteiger partial charge in [-0.1, -0.05) is 12.1 Å². The summed E-state index contributed by atoms with van der Waals surface area (Å²) in [6.07, 6.45) is 7.83. The van der Waals surface area contributed by atoms with E-state index < -0.39 is 0 Å². The summed E-state index contributed by atoms with van der Waals surface area (Å²) in [4.78, 5) is 25.0. The van der Waals surface area contributed by atoms with Gasteiger partial charge in [-0.3, -0.25) is 9.47 Å². The smallest absolute Gasteiger partial charge is 0.234 e. The van der Waals surface area contributed by atoms with E-state index in [2.05, 4.69) is 49.4 Å². The van der Waals surface area contributed by atoms with Crippen LogP contribution in [0.3, 0.4) is 0 Å². The number of nitrogen functional groups attached to an aromatic ring is 1. The fourth-order valence-corrected chi connectivity index (χ4v) is 7.19. The Hall–Kier alpha value is -5.73. The molecule has 3 N–H and O–H groups in total. The summed E-state index contributed by atoms with van der Waals surface area (Å²) in [6.45, 7) is 3.09. The van der Waals surface area contributed by atoms with Gasteiger partial charge in [-0.2, -0.15) is 5.26 Å². The molecular formula is C37H33FN10. The van der Waals surface area contributed by atoms with E-state index in [0.717, 1.165) is 66.3 Å². The lowest BCUT2D eigenvalue weighted by molar-refractivity contribution is -0.0351. The van der Waals surface area contributed by atoms with Gasteiger partial charge in [-0.15, -0.1) is 0 Å². The van der Waals surface area contributed by atoms with Crippen molar-refractivity contribution < 1.29 is 4.39 Å². The van der Waals surface area contributed by atoms with Crippen molar-refractivity contribution in [3.63, 3.8) is 0 Å². The molecule has 10 nitrogen and oxygen atoms in total. The van der Waals surface area contributed by atoms with Crippen LogP contribution in [0.4, 0.5) is 16.0 Å². The van der Waals surface area contributed by atoms with E-state index in [0.29, 0.717) is 28.7 Å². The van der Waals surface area contributed by atoms with E-state index in [1.54, 1.807) is 24.5 Å². The number of rotatable bonds is 7. The van der Waals surface area contributed by atoms with Crippen molar-refractivity contribution in [2.45, 2.75) is 38.3 Å². The Morgan fingerprint density at radius 2 is 1.69 bits per heavy atom. The molecule has 0 radical (unpaired) electrons. The molecule has 8 rings (SSSR count). The lowest BCUT2D eigenvalue weighted by Gasteiger charge is -2.53. The fourth-order valence-electron chi connectivity index (χ4n) is 7.19. The minimum atomic E-state index is -0.288. The zero-order valence-electron chi connectivity index (χ0n) is 26.2. The maximum absolute atomic E-state index is 13.6. The standard InChI is InChI=1S/C37H33FN10/c38-26-7-5-25(6-8-26)30-11-12-31-36(44-30)48(35(45-31)29-2-1-18-42-34(29)40)28-9-3-24(4-10-28)21-47-22-37(23-47)16-13-27(14-17-37)43-32-15-19-41-33(20-39)46-32/h1-12,15,18-19,27H,13-14,16-17,21-23H2,(H2,40,42)(H,41,43,46). The van der Waals surface area contributed by atoms with Crippen LogP contribution in [0.5, 0.6) is 0 Å². The number of nitrogens with zero attached hydrogens (tertiary/aromatic N) is 8. The summed E-state index contributed by atoms with van der Waals surface area (Å²) in [6, 6.07) is 26.7. The predicted octanol–water partition coefficient (Wildman–Crippen LogP) is 6.39. The minimum absolute atomic E-state index is 0.194. The van der Waals surface area contributed by atoms with Crippen LogP contribution in [-0.2, 0) is 6.54 Å². The first-order valence-electron chi connectivity index (χ1n) is 16.1. The number of pyridine rings is 2. The molecule has 1 aliphatic heterocycles. The molecule has 1 spiro atoms. The van der Waals surface area contributed by atoms with Crippen molar-refractivity contribution in [1.82, 2.24) is 34.4 Å². The number of benzene rings is 2. The quantitative estimate of drug-likeness (QED) is 0.204. The molecule has 0 bridgehead atoms. The first-order chi connectivity index (χ1) is 23.4. The highest BCUT2D eigenvalue weighted by molar-refractivity contribution is 5.84. The first-order valence-corrected chi connectivity index (χ1v) is 16.1. The maximum atomic E-state index is 13.6. The second-order valence-corrected chi connectivity index (χ2v) is 12.9. The monoisotopic (exact) mass is 636 g/mol. The molecule has 2 aromatic carbocycles. The van der Waals surface area contributed by atoms with E-state index >= 15 is 0 Å². The van der Waals surface area contributed by atoms with Crippen LogP contribution in [0.1, 0.15) is 37.1 Å². The van der Waals surface area contributed by atoms with Gasteiger partial charge in [0.2, 0.25) is 5.82 Å². The number of hydrogen-bond acceptors (Lipinski definition) is 9. The Kier molecular flexibility index (Phi) is 7.50. The summed E-state index contributed by atoms with van der Waals surface area (Å²) in [5, 5.41) is 12.6. The molecule has 238 valence electrons. The number of aromatic nitrogens is 6. The van der Waals surface area contributed by atoms with Gasteiger partial charge in [-0.25, -0.2) is 29.3 Å². The highest BCUT2D eigenvalue weighted by Crippen LogP contribution is 2.45. The normalized spacial score (nSPS) is 16.1. The Morgan fingerprint density at radius 1 is 0.896 bits per heavy atom. The van der Waals surface area contributed by atoms with E-state index in [-0.39, 0.29) is 11.6 Å². The summed E-state index contributed by atoms with van der Waals surface area (Å²) in [7, 11) is 0. The van der Waals surface area contributed by atoms with Gasteiger partial charge < -0.3 is 11.1 Å². The van der Waals surface area contributed by atoms with Crippen LogP contribution in [0.2, 0.25) is 0 Å². The maximum Gasteiger partial charge on any atom is 0.234 e. The van der Waals surface area contributed by atoms with Gasteiger partial charge in [-0.05, 0) is 103 Å². The number of anilines is 2. The summed E-state index contributed by atoms with van der Waals surface area (Å²) in [5.41, 5.74) is 12.5. The molecule has 1 saturated carbocycles. The van der Waals surface area contributed by atoms with Gasteiger partial charge in [0.15, 0.2) is 11.5 Å². The Labute approximate surface area is 277 Å². The van der Waals surface area contributed by atoms with Crippen LogP contribution < -0.4 is 11.1 Å². The van der Waals surface area contributed by atoms with Crippen molar-refractivity contribution in [3.8, 4) is 34.4 Å². The molecule has 0 amide bonds. The average molecular weight is 637 g/mol. The number of hydrogen-bond donors (Lipinski definition) is 2. The van der Waals surface area contributed by atoms with Crippen LogP contribution in [0.15, 0.2) is 91.3 Å². The van der Waals surface area contributed by atoms with E-state index in [1.807, 2.05) is 41.0 Å². The van der Waals surface area contributed by atoms with Gasteiger partial charge >= 0.3 is 0 Å². The van der Waals surface area contributed by atoms with Crippen LogP contribution >= 0.6 is 0 Å². The Bertz CT molecular complexity index is 2140. The zero-order chi connectivity index (χ0) is 32.7. The van der Waals surface area contributed by atoms with E-state index in [4.69, 9.17) is 21.0 Å². The highest BCUT2D eigenvalue weighted by Gasteiger charge is 2.44. The number of fused-ring (bicyclic) bond motifs is 1. The van der Waals surface area contributed by atoms with Crippen molar-refractivity contribution in [1.29, 1.82) is 5.26 Å². The van der Waals surface area contributed by atoms with E-state index in [9.17, 15) is 4.39 Å². The van der Waals surface area contributed by atoms with Crippen molar-refractivity contribution in [3.05, 3.63) is 108 Å². The molecule has 11 heteroatoms. The summed E-state index contributed by atoms with van der Waals surface area (Å²) < 4.78 is 15.7. The number of imidazole rings is 1. The molecule has 0 atom stereocenters. The SMILES string of the molecule is N#Cc1nccc(NC2CCC3(CC2)CN(Cc2ccc(-n4c(-c5cccnc5N)nc5ccc(-c6ccc(F)cc6)nc54)cc2)C3)n1. The third-order valence-corrected chi connectivity index (χ3v) is 9.60. The van der Waals surface area contributed by atoms with Crippen LogP contribution in [0, 0.1) is 22.6 Å². The Balaban J connectivity index is 0.986. The number of halogens is 1. The van der Waals surface area contributed by atoms with Crippen LogP contribution in [0.25, 0.3) is 39.5 Å². The molecule has 4 aromatic heterocycles. The minimum Gasteiger partial charge on any atom is -0.383 e. The number of likely N-dealkylation sites (tertiary alicyclic amines) is 1. The third-order valence-electron chi connectivity index (χ3n) is 9.60. The highest BCUT2D eigenvalue weighted by atomic mass is 19.1. The van der Waals surface area contributed by atoms with Crippen LogP contribution in [-0.4, -0.2) is 53.5 Å². The Morgan fingerprint density at radius 3 is 2.44 bits per heavy atom. The second kappa shape index (κ2) is 12.1. The summed E-state index contributed by atoms with van der Waals surface area (Å²) >= 11 is 0. The number of nitrogens with one attached hydrogen (secondary N) is 1. The molecule has 2 aliphatic rings. The van der Waals surface area contributed by atoms with Gasteiger partial charge in [0.05, 0.1) is 11.3 Å². The molecule has 0 unspecified atom stereocenters. The van der Waals surface area contributed by atoms with Gasteiger partial charge in [0.25, 0.3) is 0 Å². The predicted molar refractivity (Wildman–Crippen MR) is 182 cm³/mol. The zero-order valence-corrected chi connectivity index (χ0v) is 26.2. The molecule has 2 fully saturated rings. The molecule has 48 heavy (non-hydrogen) atoms. The number of nitriles is 1. The van der Waals surface area contributed by atoms with Crippen molar-refractivity contribution >= 4 is 22.8 Å². The lowest BCUT2D eigenvalue weighted by atomic mass is 9.67. The average Bonchev–Trinajstić information content (AvgIpc) is 3.48. The molecule has 5 heterocycles. The summed E-state index contributed by atoms with van der Waals surface area (Å²) in [5.74, 6) is 1.68. The first kappa shape index (κ1) is 29.7. The van der Waals surface area contributed by atoms with Crippen molar-refractivity contribution in [2.75, 3.05) is 24.1 Å². The molecule has 6 aromatic rings. The third kappa shape index (κ3) is 5.71. The number of nitrogens with two attached hydrogens (primary N) is 1. The van der Waals surface area contributed by atoms with Crippen molar-refractivity contribution in [2.24, 2.45) is 5.41 Å². The van der Waals surface area contributed by atoms with Gasteiger partial charge in [0.1, 0.15) is 29.0 Å². The largest absolute Gasteiger partial charge is 0.383 e. The topological polar surface area (TPSA) is 134 Å².